The highest BCUT2D eigenvalue weighted by molar-refractivity contribution is 5.60. The van der Waals surface area contributed by atoms with Crippen LogP contribution in [0.25, 0.3) is 0 Å². The fraction of sp³-hybridized carbons (Fsp3) is 0.471. The summed E-state index contributed by atoms with van der Waals surface area (Å²) in [7, 11) is 1.72. The molecular formula is C17H23N5O3. The molecule has 25 heavy (non-hydrogen) atoms. The van der Waals surface area contributed by atoms with E-state index < -0.39 is 0 Å². The van der Waals surface area contributed by atoms with Gasteiger partial charge < -0.3 is 15.0 Å². The fourth-order valence-electron chi connectivity index (χ4n) is 3.03. The Morgan fingerprint density at radius 3 is 2.56 bits per heavy atom. The molecule has 0 saturated carbocycles. The Morgan fingerprint density at radius 2 is 1.96 bits per heavy atom. The molecule has 0 atom stereocenters. The molecule has 1 N–H and O–H groups in total. The molecule has 1 saturated heterocycles. The molecule has 8 heteroatoms. The van der Waals surface area contributed by atoms with Gasteiger partial charge in [-0.25, -0.2) is 4.68 Å². The maximum atomic E-state index is 11.3. The van der Waals surface area contributed by atoms with Gasteiger partial charge in [0.1, 0.15) is 5.69 Å². The Kier molecular flexibility index (Phi) is 5.18. The predicted molar refractivity (Wildman–Crippen MR) is 96.0 cm³/mol. The Hall–Kier alpha value is -2.61. The molecule has 0 radical (unpaired) electrons. The summed E-state index contributed by atoms with van der Waals surface area (Å²) in [5.74, 6) is 0.444. The lowest BCUT2D eigenvalue weighted by Crippen LogP contribution is -2.36. The van der Waals surface area contributed by atoms with Gasteiger partial charge in [-0.3, -0.25) is 10.1 Å². The van der Waals surface area contributed by atoms with Crippen molar-refractivity contribution in [2.45, 2.75) is 19.9 Å². The second-order valence-electron chi connectivity index (χ2n) is 6.00. The molecule has 3 rings (SSSR count). The standard InChI is InChI=1S/C17H23N5O3/c1-3-15-16(22(23)24)17(20(2)19-15)18-12-13-4-6-14(7-5-13)21-8-10-25-11-9-21/h4-7,18H,3,8-12H2,1-2H3. The zero-order valence-corrected chi connectivity index (χ0v) is 14.6. The number of aromatic nitrogens is 2. The zero-order valence-electron chi connectivity index (χ0n) is 14.6. The van der Waals surface area contributed by atoms with Gasteiger partial charge in [-0.15, -0.1) is 0 Å². The number of anilines is 2. The van der Waals surface area contributed by atoms with Crippen molar-refractivity contribution in [3.05, 3.63) is 45.6 Å². The summed E-state index contributed by atoms with van der Waals surface area (Å²) < 4.78 is 6.91. The molecule has 1 aromatic heterocycles. The van der Waals surface area contributed by atoms with E-state index in [4.69, 9.17) is 4.74 Å². The highest BCUT2D eigenvalue weighted by atomic mass is 16.6. The first-order valence-electron chi connectivity index (χ1n) is 8.46. The SMILES string of the molecule is CCc1nn(C)c(NCc2ccc(N3CCOCC3)cc2)c1[N+](=O)[O-]. The highest BCUT2D eigenvalue weighted by Crippen LogP contribution is 2.29. The van der Waals surface area contributed by atoms with Crippen LogP contribution in [0.1, 0.15) is 18.2 Å². The summed E-state index contributed by atoms with van der Waals surface area (Å²) in [4.78, 5) is 13.3. The molecule has 0 spiro atoms. The molecule has 0 amide bonds. The minimum atomic E-state index is -0.365. The van der Waals surface area contributed by atoms with Gasteiger partial charge in [0, 0.05) is 32.4 Å². The van der Waals surface area contributed by atoms with Crippen molar-refractivity contribution in [1.29, 1.82) is 0 Å². The van der Waals surface area contributed by atoms with Crippen molar-refractivity contribution >= 4 is 17.2 Å². The number of rotatable bonds is 6. The van der Waals surface area contributed by atoms with E-state index in [0.717, 1.165) is 31.9 Å². The molecule has 1 aliphatic rings. The highest BCUT2D eigenvalue weighted by Gasteiger charge is 2.25. The molecule has 1 aromatic carbocycles. The number of nitrogens with zero attached hydrogens (tertiary/aromatic N) is 4. The summed E-state index contributed by atoms with van der Waals surface area (Å²) in [5.41, 5.74) is 2.80. The molecule has 2 heterocycles. The topological polar surface area (TPSA) is 85.5 Å². The van der Waals surface area contributed by atoms with E-state index in [1.54, 1.807) is 11.7 Å². The smallest absolute Gasteiger partial charge is 0.333 e. The summed E-state index contributed by atoms with van der Waals surface area (Å²) in [5, 5.41) is 18.7. The number of nitro groups is 1. The maximum absolute atomic E-state index is 11.3. The number of hydrogen-bond donors (Lipinski definition) is 1. The van der Waals surface area contributed by atoms with Gasteiger partial charge in [0.25, 0.3) is 0 Å². The quantitative estimate of drug-likeness (QED) is 0.639. The molecule has 0 unspecified atom stereocenters. The fourth-order valence-corrected chi connectivity index (χ4v) is 3.03. The van der Waals surface area contributed by atoms with Crippen LogP contribution in [0.3, 0.4) is 0 Å². The maximum Gasteiger partial charge on any atom is 0.333 e. The Balaban J connectivity index is 1.69. The minimum absolute atomic E-state index is 0.0648. The molecular weight excluding hydrogens is 322 g/mol. The van der Waals surface area contributed by atoms with Gasteiger partial charge in [0.15, 0.2) is 0 Å². The van der Waals surface area contributed by atoms with Gasteiger partial charge >= 0.3 is 5.69 Å². The molecule has 1 fully saturated rings. The van der Waals surface area contributed by atoms with Crippen molar-refractivity contribution in [3.63, 3.8) is 0 Å². The summed E-state index contributed by atoms with van der Waals surface area (Å²) >= 11 is 0. The average molecular weight is 345 g/mol. The van der Waals surface area contributed by atoms with E-state index in [0.29, 0.717) is 24.5 Å². The number of nitrogens with one attached hydrogen (secondary N) is 1. The normalized spacial score (nSPS) is 14.6. The van der Waals surface area contributed by atoms with Crippen molar-refractivity contribution in [1.82, 2.24) is 9.78 Å². The first kappa shape index (κ1) is 17.2. The second-order valence-corrected chi connectivity index (χ2v) is 6.00. The van der Waals surface area contributed by atoms with Crippen LogP contribution in [0, 0.1) is 10.1 Å². The lowest BCUT2D eigenvalue weighted by molar-refractivity contribution is -0.384. The molecule has 0 aliphatic carbocycles. The number of aryl methyl sites for hydroxylation is 2. The van der Waals surface area contributed by atoms with Crippen molar-refractivity contribution in [3.8, 4) is 0 Å². The van der Waals surface area contributed by atoms with Crippen LogP contribution in [-0.4, -0.2) is 41.0 Å². The number of hydrogen-bond acceptors (Lipinski definition) is 6. The van der Waals surface area contributed by atoms with Crippen molar-refractivity contribution < 1.29 is 9.66 Å². The lowest BCUT2D eigenvalue weighted by Gasteiger charge is -2.28. The Morgan fingerprint density at radius 1 is 1.28 bits per heavy atom. The van der Waals surface area contributed by atoms with Gasteiger partial charge in [-0.05, 0) is 24.1 Å². The number of ether oxygens (including phenoxy) is 1. The molecule has 1 aliphatic heterocycles. The van der Waals surface area contributed by atoms with Crippen LogP contribution in [0.5, 0.6) is 0 Å². The van der Waals surface area contributed by atoms with Gasteiger partial charge in [-0.2, -0.15) is 5.10 Å². The third-order valence-electron chi connectivity index (χ3n) is 4.38. The van der Waals surface area contributed by atoms with E-state index in [1.807, 2.05) is 19.1 Å². The predicted octanol–water partition coefficient (Wildman–Crippen LogP) is 2.34. The Labute approximate surface area is 146 Å². The Bertz CT molecular complexity index is 735. The third-order valence-corrected chi connectivity index (χ3v) is 4.38. The molecule has 8 nitrogen and oxygen atoms in total. The average Bonchev–Trinajstić information content (AvgIpc) is 2.97. The molecule has 2 aromatic rings. The van der Waals surface area contributed by atoms with E-state index in [2.05, 4.69) is 27.4 Å². The largest absolute Gasteiger partial charge is 0.378 e. The number of benzene rings is 1. The van der Waals surface area contributed by atoms with Gasteiger partial charge in [0.2, 0.25) is 5.82 Å². The number of morpholine rings is 1. The van der Waals surface area contributed by atoms with Crippen LogP contribution in [0.4, 0.5) is 17.2 Å². The summed E-state index contributed by atoms with van der Waals surface area (Å²) in [6.45, 7) is 5.69. The van der Waals surface area contributed by atoms with Crippen molar-refractivity contribution in [2.24, 2.45) is 7.05 Å². The van der Waals surface area contributed by atoms with Crippen LogP contribution in [-0.2, 0) is 24.8 Å². The van der Waals surface area contributed by atoms with E-state index in [-0.39, 0.29) is 10.6 Å². The first-order valence-corrected chi connectivity index (χ1v) is 8.46. The monoisotopic (exact) mass is 345 g/mol. The first-order chi connectivity index (χ1) is 12.1. The zero-order chi connectivity index (χ0) is 17.8. The van der Waals surface area contributed by atoms with E-state index in [1.165, 1.54) is 5.69 Å². The van der Waals surface area contributed by atoms with Gasteiger partial charge in [0.05, 0.1) is 18.1 Å². The van der Waals surface area contributed by atoms with E-state index in [9.17, 15) is 10.1 Å². The van der Waals surface area contributed by atoms with Crippen LogP contribution in [0.2, 0.25) is 0 Å². The van der Waals surface area contributed by atoms with Crippen LogP contribution < -0.4 is 10.2 Å². The minimum Gasteiger partial charge on any atom is -0.378 e. The molecule has 134 valence electrons. The summed E-state index contributed by atoms with van der Waals surface area (Å²) in [6.07, 6.45) is 0.528. The second kappa shape index (κ2) is 7.52. The van der Waals surface area contributed by atoms with Crippen LogP contribution >= 0.6 is 0 Å². The van der Waals surface area contributed by atoms with Gasteiger partial charge in [-0.1, -0.05) is 19.1 Å². The lowest BCUT2D eigenvalue weighted by atomic mass is 10.2. The van der Waals surface area contributed by atoms with Crippen LogP contribution in [0.15, 0.2) is 24.3 Å². The van der Waals surface area contributed by atoms with Crippen molar-refractivity contribution in [2.75, 3.05) is 36.5 Å². The van der Waals surface area contributed by atoms with E-state index >= 15 is 0 Å². The third kappa shape index (κ3) is 3.74. The molecule has 0 bridgehead atoms. The summed E-state index contributed by atoms with van der Waals surface area (Å²) in [6, 6.07) is 8.25.